The SMILES string of the molecule is CCCc1ccc(-c2ccc(C#Cc3ccc(F)nc3)cc2)cc1. The molecule has 0 radical (unpaired) electrons. The highest BCUT2D eigenvalue weighted by Crippen LogP contribution is 2.20. The van der Waals surface area contributed by atoms with Gasteiger partial charge in [0.15, 0.2) is 0 Å². The van der Waals surface area contributed by atoms with Crippen LogP contribution in [0.3, 0.4) is 0 Å². The maximum absolute atomic E-state index is 12.8. The third-order valence-corrected chi connectivity index (χ3v) is 3.79. The van der Waals surface area contributed by atoms with E-state index in [1.165, 1.54) is 29.0 Å². The zero-order valence-corrected chi connectivity index (χ0v) is 13.6. The number of halogens is 1. The number of benzene rings is 2. The summed E-state index contributed by atoms with van der Waals surface area (Å²) < 4.78 is 12.8. The minimum atomic E-state index is -0.491. The molecule has 1 heterocycles. The van der Waals surface area contributed by atoms with Crippen molar-refractivity contribution in [1.82, 2.24) is 4.98 Å². The first kappa shape index (κ1) is 16.0. The Bertz CT molecular complexity index is 851. The maximum atomic E-state index is 12.8. The Kier molecular flexibility index (Phi) is 5.03. The summed E-state index contributed by atoms with van der Waals surface area (Å²) in [5.41, 5.74) is 5.37. The highest BCUT2D eigenvalue weighted by Gasteiger charge is 1.98. The molecule has 0 saturated carbocycles. The molecule has 0 unspecified atom stereocenters. The maximum Gasteiger partial charge on any atom is 0.212 e. The third-order valence-electron chi connectivity index (χ3n) is 3.79. The summed E-state index contributed by atoms with van der Waals surface area (Å²) in [7, 11) is 0. The van der Waals surface area contributed by atoms with E-state index >= 15 is 0 Å². The standard InChI is InChI=1S/C22H18FN/c1-2-3-17-6-11-20(12-7-17)21-13-8-18(9-14-21)4-5-19-10-15-22(23)24-16-19/h6-16H,2-3H2,1H3. The lowest BCUT2D eigenvalue weighted by Crippen LogP contribution is -1.84. The topological polar surface area (TPSA) is 12.9 Å². The molecule has 1 nitrogen and oxygen atoms in total. The summed E-state index contributed by atoms with van der Waals surface area (Å²) in [5, 5.41) is 0. The van der Waals surface area contributed by atoms with E-state index in [0.29, 0.717) is 5.56 Å². The summed E-state index contributed by atoms with van der Waals surface area (Å²) >= 11 is 0. The summed E-state index contributed by atoms with van der Waals surface area (Å²) in [6.07, 6.45) is 3.72. The summed E-state index contributed by atoms with van der Waals surface area (Å²) in [6.45, 7) is 2.19. The second-order valence-electron chi connectivity index (χ2n) is 5.64. The third kappa shape index (κ3) is 4.08. The Labute approximate surface area is 142 Å². The van der Waals surface area contributed by atoms with Gasteiger partial charge < -0.3 is 0 Å². The van der Waals surface area contributed by atoms with Gasteiger partial charge in [-0.3, -0.25) is 0 Å². The van der Waals surface area contributed by atoms with Crippen LogP contribution < -0.4 is 0 Å². The molecule has 0 N–H and O–H groups in total. The molecule has 0 amide bonds. The van der Waals surface area contributed by atoms with Gasteiger partial charge in [-0.25, -0.2) is 4.98 Å². The molecule has 0 aliphatic rings. The molecule has 0 spiro atoms. The fourth-order valence-electron chi connectivity index (χ4n) is 2.49. The van der Waals surface area contributed by atoms with Crippen molar-refractivity contribution in [3.05, 3.63) is 89.5 Å². The van der Waals surface area contributed by atoms with Crippen molar-refractivity contribution in [3.63, 3.8) is 0 Å². The number of aromatic nitrogens is 1. The average Bonchev–Trinajstić information content (AvgIpc) is 2.63. The Morgan fingerprint density at radius 1 is 0.792 bits per heavy atom. The van der Waals surface area contributed by atoms with Crippen LogP contribution in [0, 0.1) is 17.8 Å². The molecule has 3 aromatic rings. The Hall–Kier alpha value is -2.92. The first-order valence-electron chi connectivity index (χ1n) is 8.07. The van der Waals surface area contributed by atoms with E-state index in [2.05, 4.69) is 60.1 Å². The van der Waals surface area contributed by atoms with Crippen LogP contribution in [0.2, 0.25) is 0 Å². The molecule has 0 saturated heterocycles. The second kappa shape index (κ2) is 7.57. The van der Waals surface area contributed by atoms with Crippen molar-refractivity contribution in [2.24, 2.45) is 0 Å². The van der Waals surface area contributed by atoms with E-state index in [-0.39, 0.29) is 0 Å². The van der Waals surface area contributed by atoms with Crippen LogP contribution in [0.5, 0.6) is 0 Å². The van der Waals surface area contributed by atoms with Crippen LogP contribution in [0.25, 0.3) is 11.1 Å². The number of rotatable bonds is 3. The molecule has 1 aromatic heterocycles. The molecule has 2 heteroatoms. The van der Waals surface area contributed by atoms with Crippen molar-refractivity contribution in [2.45, 2.75) is 19.8 Å². The first-order chi connectivity index (χ1) is 11.7. The summed E-state index contributed by atoms with van der Waals surface area (Å²) in [6, 6.07) is 19.8. The number of aryl methyl sites for hydroxylation is 1. The number of hydrogen-bond donors (Lipinski definition) is 0. The van der Waals surface area contributed by atoms with Crippen LogP contribution in [0.1, 0.15) is 30.0 Å². The van der Waals surface area contributed by atoms with Gasteiger partial charge in [0.1, 0.15) is 0 Å². The molecule has 0 aliphatic carbocycles. The van der Waals surface area contributed by atoms with E-state index in [9.17, 15) is 4.39 Å². The molecule has 0 atom stereocenters. The zero-order chi connectivity index (χ0) is 16.8. The van der Waals surface area contributed by atoms with Gasteiger partial charge in [0.05, 0.1) is 0 Å². The summed E-state index contributed by atoms with van der Waals surface area (Å²) in [4.78, 5) is 3.60. The van der Waals surface area contributed by atoms with Crippen molar-refractivity contribution in [2.75, 3.05) is 0 Å². The fraction of sp³-hybridized carbons (Fsp3) is 0.136. The van der Waals surface area contributed by atoms with Gasteiger partial charge in [0.2, 0.25) is 5.95 Å². The van der Waals surface area contributed by atoms with E-state index in [0.717, 1.165) is 18.4 Å². The van der Waals surface area contributed by atoms with Gasteiger partial charge in [-0.2, -0.15) is 4.39 Å². The monoisotopic (exact) mass is 315 g/mol. The normalized spacial score (nSPS) is 10.1. The predicted molar refractivity (Wildman–Crippen MR) is 96.0 cm³/mol. The minimum absolute atomic E-state index is 0.491. The number of nitrogens with zero attached hydrogens (tertiary/aromatic N) is 1. The van der Waals surface area contributed by atoms with Crippen LogP contribution >= 0.6 is 0 Å². The highest BCUT2D eigenvalue weighted by atomic mass is 19.1. The number of pyridine rings is 1. The summed E-state index contributed by atoms with van der Waals surface area (Å²) in [5.74, 6) is 5.57. The van der Waals surface area contributed by atoms with Crippen LogP contribution in [0.15, 0.2) is 66.9 Å². The number of hydrogen-bond acceptors (Lipinski definition) is 1. The minimum Gasteiger partial charge on any atom is -0.227 e. The smallest absolute Gasteiger partial charge is 0.212 e. The Morgan fingerprint density at radius 2 is 1.38 bits per heavy atom. The lowest BCUT2D eigenvalue weighted by Gasteiger charge is -2.04. The molecule has 24 heavy (non-hydrogen) atoms. The van der Waals surface area contributed by atoms with Gasteiger partial charge in [-0.15, -0.1) is 0 Å². The van der Waals surface area contributed by atoms with Crippen LogP contribution in [0.4, 0.5) is 4.39 Å². The largest absolute Gasteiger partial charge is 0.227 e. The van der Waals surface area contributed by atoms with Crippen LogP contribution in [-0.4, -0.2) is 4.98 Å². The van der Waals surface area contributed by atoms with Crippen molar-refractivity contribution in [3.8, 4) is 23.0 Å². The lowest BCUT2D eigenvalue weighted by molar-refractivity contribution is 0.583. The zero-order valence-electron chi connectivity index (χ0n) is 13.6. The van der Waals surface area contributed by atoms with Crippen LogP contribution in [-0.2, 0) is 6.42 Å². The first-order valence-corrected chi connectivity index (χ1v) is 8.07. The highest BCUT2D eigenvalue weighted by molar-refractivity contribution is 5.64. The van der Waals surface area contributed by atoms with Gasteiger partial charge in [0, 0.05) is 17.3 Å². The van der Waals surface area contributed by atoms with E-state index in [1.807, 2.05) is 12.1 Å². The van der Waals surface area contributed by atoms with Gasteiger partial charge in [0.25, 0.3) is 0 Å². The second-order valence-corrected chi connectivity index (χ2v) is 5.64. The predicted octanol–water partition coefficient (Wildman–Crippen LogP) is 5.24. The average molecular weight is 315 g/mol. The molecule has 2 aromatic carbocycles. The Balaban J connectivity index is 1.74. The molecular formula is C22H18FN. The van der Waals surface area contributed by atoms with Gasteiger partial charge in [-0.1, -0.05) is 61.6 Å². The van der Waals surface area contributed by atoms with Gasteiger partial charge >= 0.3 is 0 Å². The molecule has 0 fully saturated rings. The van der Waals surface area contributed by atoms with Crippen molar-refractivity contribution < 1.29 is 4.39 Å². The molecule has 3 rings (SSSR count). The van der Waals surface area contributed by atoms with E-state index < -0.39 is 5.95 Å². The van der Waals surface area contributed by atoms with Gasteiger partial charge in [-0.05, 0) is 47.4 Å². The Morgan fingerprint density at radius 3 is 1.96 bits per heavy atom. The molecule has 118 valence electrons. The van der Waals surface area contributed by atoms with Crippen molar-refractivity contribution in [1.29, 1.82) is 0 Å². The van der Waals surface area contributed by atoms with E-state index in [1.54, 1.807) is 6.07 Å². The fourth-order valence-corrected chi connectivity index (χ4v) is 2.49. The molecule has 0 aliphatic heterocycles. The van der Waals surface area contributed by atoms with E-state index in [4.69, 9.17) is 0 Å². The quantitative estimate of drug-likeness (QED) is 0.476. The molecular weight excluding hydrogens is 297 g/mol. The molecule has 0 bridgehead atoms. The van der Waals surface area contributed by atoms with Crippen molar-refractivity contribution >= 4 is 0 Å². The lowest BCUT2D eigenvalue weighted by atomic mass is 10.0.